The quantitative estimate of drug-likeness (QED) is 0.622. The van der Waals surface area contributed by atoms with E-state index in [1.54, 1.807) is 0 Å². The van der Waals surface area contributed by atoms with Crippen molar-refractivity contribution in [2.45, 2.75) is 19.4 Å². The Labute approximate surface area is 93.1 Å². The SMILES string of the molecule is CC(C)(N)CNc1ccc2[nH]c(=O)[nH]c2c1. The second-order valence-electron chi connectivity index (χ2n) is 4.68. The molecular formula is C11H16N4O. The second kappa shape index (κ2) is 3.68. The molecule has 5 N–H and O–H groups in total. The van der Waals surface area contributed by atoms with Crippen molar-refractivity contribution in [1.29, 1.82) is 0 Å². The van der Waals surface area contributed by atoms with Crippen LogP contribution < -0.4 is 16.7 Å². The lowest BCUT2D eigenvalue weighted by Gasteiger charge is -2.19. The van der Waals surface area contributed by atoms with Gasteiger partial charge in [0.2, 0.25) is 0 Å². The van der Waals surface area contributed by atoms with Crippen LogP contribution >= 0.6 is 0 Å². The number of anilines is 1. The summed E-state index contributed by atoms with van der Waals surface area (Å²) in [6.07, 6.45) is 0. The molecule has 0 radical (unpaired) electrons. The van der Waals surface area contributed by atoms with Gasteiger partial charge in [0.05, 0.1) is 11.0 Å². The predicted octanol–water partition coefficient (Wildman–Crippen LogP) is 1.01. The number of benzene rings is 1. The Morgan fingerprint density at radius 2 is 2.00 bits per heavy atom. The Balaban J connectivity index is 2.22. The van der Waals surface area contributed by atoms with Crippen LogP contribution in [0.2, 0.25) is 0 Å². The number of imidazole rings is 1. The minimum atomic E-state index is -0.263. The lowest BCUT2D eigenvalue weighted by molar-refractivity contribution is 0.549. The van der Waals surface area contributed by atoms with E-state index in [0.717, 1.165) is 16.7 Å². The number of aromatic nitrogens is 2. The Hall–Kier alpha value is -1.75. The molecule has 0 saturated heterocycles. The fourth-order valence-electron chi connectivity index (χ4n) is 1.47. The van der Waals surface area contributed by atoms with Crippen LogP contribution in [0.3, 0.4) is 0 Å². The first kappa shape index (κ1) is 10.8. The minimum absolute atomic E-state index is 0.189. The monoisotopic (exact) mass is 220 g/mol. The highest BCUT2D eigenvalue weighted by molar-refractivity contribution is 5.78. The molecule has 1 aromatic heterocycles. The van der Waals surface area contributed by atoms with Crippen LogP contribution in [-0.4, -0.2) is 22.1 Å². The third kappa shape index (κ3) is 2.43. The Morgan fingerprint density at radius 3 is 2.69 bits per heavy atom. The predicted molar refractivity (Wildman–Crippen MR) is 65.7 cm³/mol. The fraction of sp³-hybridized carbons (Fsp3) is 0.364. The van der Waals surface area contributed by atoms with E-state index >= 15 is 0 Å². The molecule has 5 nitrogen and oxygen atoms in total. The van der Waals surface area contributed by atoms with Crippen LogP contribution in [-0.2, 0) is 0 Å². The first-order chi connectivity index (χ1) is 7.44. The maximum absolute atomic E-state index is 11.1. The number of aromatic amines is 2. The minimum Gasteiger partial charge on any atom is -0.383 e. The summed E-state index contributed by atoms with van der Waals surface area (Å²) in [5, 5.41) is 3.23. The van der Waals surface area contributed by atoms with Gasteiger partial charge >= 0.3 is 5.69 Å². The van der Waals surface area contributed by atoms with E-state index in [-0.39, 0.29) is 11.2 Å². The third-order valence-corrected chi connectivity index (χ3v) is 2.26. The molecule has 0 aliphatic carbocycles. The number of nitrogens with one attached hydrogen (secondary N) is 3. The van der Waals surface area contributed by atoms with Gasteiger partial charge in [-0.2, -0.15) is 0 Å². The Morgan fingerprint density at radius 1 is 1.31 bits per heavy atom. The molecule has 0 aliphatic rings. The van der Waals surface area contributed by atoms with Gasteiger partial charge in [0.1, 0.15) is 0 Å². The normalized spacial score (nSPS) is 11.9. The molecular weight excluding hydrogens is 204 g/mol. The smallest absolute Gasteiger partial charge is 0.323 e. The summed E-state index contributed by atoms with van der Waals surface area (Å²) < 4.78 is 0. The average molecular weight is 220 g/mol. The molecule has 16 heavy (non-hydrogen) atoms. The van der Waals surface area contributed by atoms with E-state index in [1.165, 1.54) is 0 Å². The lowest BCUT2D eigenvalue weighted by atomic mass is 10.1. The molecule has 2 aromatic rings. The highest BCUT2D eigenvalue weighted by atomic mass is 16.1. The molecule has 5 heteroatoms. The average Bonchev–Trinajstić information content (AvgIpc) is 2.52. The van der Waals surface area contributed by atoms with Crippen LogP contribution in [0.1, 0.15) is 13.8 Å². The van der Waals surface area contributed by atoms with E-state index in [4.69, 9.17) is 5.73 Å². The van der Waals surface area contributed by atoms with Gasteiger partial charge in [-0.15, -0.1) is 0 Å². The van der Waals surface area contributed by atoms with E-state index < -0.39 is 0 Å². The summed E-state index contributed by atoms with van der Waals surface area (Å²) >= 11 is 0. The van der Waals surface area contributed by atoms with Crippen molar-refractivity contribution in [3.8, 4) is 0 Å². The van der Waals surface area contributed by atoms with Crippen LogP contribution in [0.4, 0.5) is 5.69 Å². The fourth-order valence-corrected chi connectivity index (χ4v) is 1.47. The van der Waals surface area contributed by atoms with Crippen molar-refractivity contribution in [3.63, 3.8) is 0 Å². The highest BCUT2D eigenvalue weighted by Crippen LogP contribution is 2.14. The maximum Gasteiger partial charge on any atom is 0.323 e. The zero-order valence-electron chi connectivity index (χ0n) is 9.42. The summed E-state index contributed by atoms with van der Waals surface area (Å²) in [7, 11) is 0. The van der Waals surface area contributed by atoms with Crippen molar-refractivity contribution in [2.75, 3.05) is 11.9 Å². The van der Waals surface area contributed by atoms with Gasteiger partial charge in [0.15, 0.2) is 0 Å². The van der Waals surface area contributed by atoms with Gasteiger partial charge in [0.25, 0.3) is 0 Å². The van der Waals surface area contributed by atoms with E-state index in [2.05, 4.69) is 15.3 Å². The van der Waals surface area contributed by atoms with Gasteiger partial charge in [-0.3, -0.25) is 0 Å². The molecule has 0 fully saturated rings. The number of nitrogens with two attached hydrogens (primary N) is 1. The molecule has 0 unspecified atom stereocenters. The summed E-state index contributed by atoms with van der Waals surface area (Å²) in [5.41, 5.74) is 7.97. The van der Waals surface area contributed by atoms with Crippen LogP contribution in [0, 0.1) is 0 Å². The standard InChI is InChI=1S/C11H16N4O/c1-11(2,12)6-13-7-3-4-8-9(5-7)15-10(16)14-8/h3-5,13H,6,12H2,1-2H3,(H2,14,15,16). The van der Waals surface area contributed by atoms with Crippen molar-refractivity contribution in [1.82, 2.24) is 9.97 Å². The molecule has 0 amide bonds. The molecule has 0 aliphatic heterocycles. The highest BCUT2D eigenvalue weighted by Gasteiger charge is 2.09. The Kier molecular flexibility index (Phi) is 2.47. The van der Waals surface area contributed by atoms with Gasteiger partial charge < -0.3 is 21.0 Å². The van der Waals surface area contributed by atoms with E-state index in [0.29, 0.717) is 6.54 Å². The van der Waals surface area contributed by atoms with Gasteiger partial charge in [-0.1, -0.05) is 0 Å². The molecule has 1 heterocycles. The molecule has 86 valence electrons. The first-order valence-electron chi connectivity index (χ1n) is 5.19. The molecule has 0 saturated carbocycles. The molecule has 0 bridgehead atoms. The van der Waals surface area contributed by atoms with E-state index in [1.807, 2.05) is 32.0 Å². The second-order valence-corrected chi connectivity index (χ2v) is 4.68. The van der Waals surface area contributed by atoms with Crippen LogP contribution in [0.5, 0.6) is 0 Å². The molecule has 0 atom stereocenters. The number of H-pyrrole nitrogens is 2. The maximum atomic E-state index is 11.1. The first-order valence-corrected chi connectivity index (χ1v) is 5.19. The molecule has 1 aromatic carbocycles. The van der Waals surface area contributed by atoms with E-state index in [9.17, 15) is 4.79 Å². The number of fused-ring (bicyclic) bond motifs is 1. The molecule has 0 spiro atoms. The van der Waals surface area contributed by atoms with Crippen LogP contribution in [0.25, 0.3) is 11.0 Å². The third-order valence-electron chi connectivity index (χ3n) is 2.26. The summed E-state index contributed by atoms with van der Waals surface area (Å²) in [4.78, 5) is 16.5. The van der Waals surface area contributed by atoms with Gasteiger partial charge in [-0.25, -0.2) is 4.79 Å². The zero-order valence-corrected chi connectivity index (χ0v) is 9.42. The van der Waals surface area contributed by atoms with Gasteiger partial charge in [-0.05, 0) is 32.0 Å². The van der Waals surface area contributed by atoms with Crippen LogP contribution in [0.15, 0.2) is 23.0 Å². The van der Waals surface area contributed by atoms with Crippen molar-refractivity contribution in [2.24, 2.45) is 5.73 Å². The molecule has 2 rings (SSSR count). The summed E-state index contributed by atoms with van der Waals surface area (Å²) in [5.74, 6) is 0. The van der Waals surface area contributed by atoms with Crippen molar-refractivity contribution >= 4 is 16.7 Å². The summed E-state index contributed by atoms with van der Waals surface area (Å²) in [6, 6.07) is 5.66. The number of rotatable bonds is 3. The number of hydrogen-bond donors (Lipinski definition) is 4. The topological polar surface area (TPSA) is 86.7 Å². The summed E-state index contributed by atoms with van der Waals surface area (Å²) in [6.45, 7) is 4.58. The number of hydrogen-bond acceptors (Lipinski definition) is 3. The zero-order chi connectivity index (χ0) is 11.8. The Bertz CT molecular complexity index is 547. The largest absolute Gasteiger partial charge is 0.383 e. The van der Waals surface area contributed by atoms with Crippen molar-refractivity contribution in [3.05, 3.63) is 28.7 Å². The van der Waals surface area contributed by atoms with Crippen molar-refractivity contribution < 1.29 is 0 Å². The lowest BCUT2D eigenvalue weighted by Crippen LogP contribution is -2.39. The van der Waals surface area contributed by atoms with Gasteiger partial charge in [0, 0.05) is 17.8 Å².